The minimum atomic E-state index is -0.637. The standard InChI is InChI=1S/C12H20O4/c13-11(14)12(3-7-16-8-4-12)9-10-1-5-15-6-2-10/h10H,1-9H2,(H,13,14). The minimum absolute atomic E-state index is 0.517. The van der Waals surface area contributed by atoms with Crippen molar-refractivity contribution < 1.29 is 19.4 Å². The molecule has 1 N–H and O–H groups in total. The molecule has 16 heavy (non-hydrogen) atoms. The molecule has 92 valence electrons. The summed E-state index contributed by atoms with van der Waals surface area (Å²) < 4.78 is 10.6. The second-order valence-corrected chi connectivity index (χ2v) is 4.96. The Balaban J connectivity index is 1.98. The van der Waals surface area contributed by atoms with Crippen LogP contribution in [-0.2, 0) is 14.3 Å². The lowest BCUT2D eigenvalue weighted by Gasteiger charge is -2.37. The van der Waals surface area contributed by atoms with Gasteiger partial charge in [0.25, 0.3) is 0 Å². The zero-order valence-corrected chi connectivity index (χ0v) is 9.61. The number of aliphatic carboxylic acids is 1. The van der Waals surface area contributed by atoms with Crippen LogP contribution in [0.4, 0.5) is 0 Å². The van der Waals surface area contributed by atoms with Gasteiger partial charge in [0.2, 0.25) is 0 Å². The lowest BCUT2D eigenvalue weighted by Crippen LogP contribution is -2.39. The van der Waals surface area contributed by atoms with Gasteiger partial charge in [-0.2, -0.15) is 0 Å². The number of ether oxygens (including phenoxy) is 2. The monoisotopic (exact) mass is 228 g/mol. The normalized spacial score (nSPS) is 26.5. The third kappa shape index (κ3) is 2.55. The first-order chi connectivity index (χ1) is 7.73. The molecular formula is C12H20O4. The van der Waals surface area contributed by atoms with E-state index >= 15 is 0 Å². The van der Waals surface area contributed by atoms with Gasteiger partial charge in [0.1, 0.15) is 0 Å². The van der Waals surface area contributed by atoms with Gasteiger partial charge in [0.05, 0.1) is 5.41 Å². The van der Waals surface area contributed by atoms with Crippen LogP contribution < -0.4 is 0 Å². The largest absolute Gasteiger partial charge is 0.481 e. The van der Waals surface area contributed by atoms with Crippen LogP contribution in [0.1, 0.15) is 32.1 Å². The van der Waals surface area contributed by atoms with E-state index in [1.54, 1.807) is 0 Å². The molecule has 0 aliphatic carbocycles. The van der Waals surface area contributed by atoms with E-state index in [0.717, 1.165) is 32.5 Å². The molecule has 2 saturated heterocycles. The highest BCUT2D eigenvalue weighted by Gasteiger charge is 2.41. The van der Waals surface area contributed by atoms with E-state index < -0.39 is 11.4 Å². The molecule has 2 fully saturated rings. The van der Waals surface area contributed by atoms with Gasteiger partial charge in [-0.3, -0.25) is 4.79 Å². The zero-order chi connectivity index (χ0) is 11.4. The summed E-state index contributed by atoms with van der Waals surface area (Å²) in [6.07, 6.45) is 4.15. The highest BCUT2D eigenvalue weighted by Crippen LogP contribution is 2.39. The summed E-state index contributed by atoms with van der Waals surface area (Å²) in [6.45, 7) is 2.76. The van der Waals surface area contributed by atoms with E-state index in [2.05, 4.69) is 0 Å². The fourth-order valence-corrected chi connectivity index (χ4v) is 2.77. The Morgan fingerprint density at radius 1 is 1.12 bits per heavy atom. The molecular weight excluding hydrogens is 208 g/mol. The van der Waals surface area contributed by atoms with Gasteiger partial charge in [-0.05, 0) is 38.0 Å². The number of carboxylic acids is 1. The van der Waals surface area contributed by atoms with Gasteiger partial charge in [-0.1, -0.05) is 0 Å². The number of rotatable bonds is 3. The van der Waals surface area contributed by atoms with Crippen molar-refractivity contribution in [1.29, 1.82) is 0 Å². The number of carbonyl (C=O) groups is 1. The molecule has 0 aromatic carbocycles. The highest BCUT2D eigenvalue weighted by atomic mass is 16.5. The van der Waals surface area contributed by atoms with E-state index in [-0.39, 0.29) is 0 Å². The van der Waals surface area contributed by atoms with E-state index in [9.17, 15) is 9.90 Å². The van der Waals surface area contributed by atoms with Crippen molar-refractivity contribution >= 4 is 5.97 Å². The Labute approximate surface area is 95.9 Å². The summed E-state index contributed by atoms with van der Waals surface area (Å²) in [5.41, 5.74) is -0.528. The fraction of sp³-hybridized carbons (Fsp3) is 0.917. The first-order valence-electron chi connectivity index (χ1n) is 6.12. The Morgan fingerprint density at radius 3 is 2.25 bits per heavy atom. The molecule has 0 saturated carbocycles. The molecule has 0 bridgehead atoms. The lowest BCUT2D eigenvalue weighted by molar-refractivity contribution is -0.157. The van der Waals surface area contributed by atoms with Crippen molar-refractivity contribution in [2.75, 3.05) is 26.4 Å². The van der Waals surface area contributed by atoms with Crippen LogP contribution >= 0.6 is 0 Å². The summed E-state index contributed by atoms with van der Waals surface area (Å²) in [6, 6.07) is 0. The summed E-state index contributed by atoms with van der Waals surface area (Å²) in [7, 11) is 0. The molecule has 2 aliphatic heterocycles. The van der Waals surface area contributed by atoms with Crippen molar-refractivity contribution in [3.63, 3.8) is 0 Å². The molecule has 0 spiro atoms. The molecule has 0 unspecified atom stereocenters. The quantitative estimate of drug-likeness (QED) is 0.798. The molecule has 4 nitrogen and oxygen atoms in total. The third-order valence-corrected chi connectivity index (χ3v) is 3.92. The summed E-state index contributed by atoms with van der Waals surface area (Å²) >= 11 is 0. The Hall–Kier alpha value is -0.610. The van der Waals surface area contributed by atoms with Crippen LogP contribution in [0.15, 0.2) is 0 Å². The maximum absolute atomic E-state index is 11.5. The fourth-order valence-electron chi connectivity index (χ4n) is 2.77. The van der Waals surface area contributed by atoms with Crippen LogP contribution in [0.25, 0.3) is 0 Å². The molecule has 0 aromatic rings. The van der Waals surface area contributed by atoms with Gasteiger partial charge in [0, 0.05) is 26.4 Å². The van der Waals surface area contributed by atoms with Crippen LogP contribution in [-0.4, -0.2) is 37.5 Å². The average Bonchev–Trinajstić information content (AvgIpc) is 2.31. The summed E-state index contributed by atoms with van der Waals surface area (Å²) in [5.74, 6) is -0.120. The number of hydrogen-bond acceptors (Lipinski definition) is 3. The maximum Gasteiger partial charge on any atom is 0.309 e. The Kier molecular flexibility index (Phi) is 3.82. The van der Waals surface area contributed by atoms with Crippen molar-refractivity contribution in [2.24, 2.45) is 11.3 Å². The number of hydrogen-bond donors (Lipinski definition) is 1. The Morgan fingerprint density at radius 2 is 1.69 bits per heavy atom. The second-order valence-electron chi connectivity index (χ2n) is 4.96. The first kappa shape index (κ1) is 11.9. The molecule has 0 amide bonds. The highest BCUT2D eigenvalue weighted by molar-refractivity contribution is 5.74. The maximum atomic E-state index is 11.5. The van der Waals surface area contributed by atoms with Crippen LogP contribution in [0, 0.1) is 11.3 Å². The molecule has 0 atom stereocenters. The zero-order valence-electron chi connectivity index (χ0n) is 9.61. The number of carboxylic acid groups (broad SMARTS) is 1. The SMILES string of the molecule is O=C(O)C1(CC2CCOCC2)CCOCC1. The van der Waals surface area contributed by atoms with Crippen LogP contribution in [0.2, 0.25) is 0 Å². The minimum Gasteiger partial charge on any atom is -0.481 e. The van der Waals surface area contributed by atoms with E-state index in [4.69, 9.17) is 9.47 Å². The van der Waals surface area contributed by atoms with Crippen molar-refractivity contribution in [3.8, 4) is 0 Å². The average molecular weight is 228 g/mol. The van der Waals surface area contributed by atoms with Crippen LogP contribution in [0.5, 0.6) is 0 Å². The predicted molar refractivity (Wildman–Crippen MR) is 58.3 cm³/mol. The van der Waals surface area contributed by atoms with Crippen molar-refractivity contribution in [2.45, 2.75) is 32.1 Å². The van der Waals surface area contributed by atoms with Gasteiger partial charge < -0.3 is 14.6 Å². The molecule has 0 radical (unpaired) electrons. The lowest BCUT2D eigenvalue weighted by atomic mass is 9.72. The summed E-state index contributed by atoms with van der Waals surface area (Å²) in [5, 5.41) is 9.43. The van der Waals surface area contributed by atoms with Crippen LogP contribution in [0.3, 0.4) is 0 Å². The third-order valence-electron chi connectivity index (χ3n) is 3.92. The Bertz CT molecular complexity index is 239. The first-order valence-corrected chi connectivity index (χ1v) is 6.12. The second kappa shape index (κ2) is 5.15. The van der Waals surface area contributed by atoms with E-state index in [0.29, 0.717) is 32.0 Å². The topological polar surface area (TPSA) is 55.8 Å². The van der Waals surface area contributed by atoms with Gasteiger partial charge >= 0.3 is 5.97 Å². The van der Waals surface area contributed by atoms with E-state index in [1.165, 1.54) is 0 Å². The molecule has 2 aliphatic rings. The molecule has 2 heterocycles. The van der Waals surface area contributed by atoms with Gasteiger partial charge in [-0.25, -0.2) is 0 Å². The smallest absolute Gasteiger partial charge is 0.309 e. The summed E-state index contributed by atoms with van der Waals surface area (Å²) in [4.78, 5) is 11.5. The van der Waals surface area contributed by atoms with E-state index in [1.807, 2.05) is 0 Å². The van der Waals surface area contributed by atoms with Crippen molar-refractivity contribution in [1.82, 2.24) is 0 Å². The predicted octanol–water partition coefficient (Wildman–Crippen LogP) is 1.68. The van der Waals surface area contributed by atoms with Gasteiger partial charge in [0.15, 0.2) is 0 Å². The molecule has 0 aromatic heterocycles. The van der Waals surface area contributed by atoms with Crippen molar-refractivity contribution in [3.05, 3.63) is 0 Å². The molecule has 2 rings (SSSR count). The van der Waals surface area contributed by atoms with Gasteiger partial charge in [-0.15, -0.1) is 0 Å². The molecule has 4 heteroatoms.